The first-order valence-electron chi connectivity index (χ1n) is 7.43. The number of piperazine rings is 1. The molecule has 0 atom stereocenters. The number of nitrogens with one attached hydrogen (secondary N) is 1. The van der Waals surface area contributed by atoms with Crippen LogP contribution >= 0.6 is 0 Å². The van der Waals surface area contributed by atoms with Gasteiger partial charge in [-0.2, -0.15) is 0 Å². The van der Waals surface area contributed by atoms with E-state index in [1.165, 1.54) is 51.9 Å². The number of rotatable bonds is 2. The highest BCUT2D eigenvalue weighted by atomic mass is 15.2. The number of hydrogen-bond donors (Lipinski definition) is 1. The zero-order valence-corrected chi connectivity index (χ0v) is 11.1. The summed E-state index contributed by atoms with van der Waals surface area (Å²) < 4.78 is 0. The van der Waals surface area contributed by atoms with E-state index in [-0.39, 0.29) is 0 Å². The monoisotopic (exact) mass is 244 g/mol. The van der Waals surface area contributed by atoms with Gasteiger partial charge in [0.2, 0.25) is 0 Å². The van der Waals surface area contributed by atoms with Crippen molar-refractivity contribution in [1.82, 2.24) is 10.2 Å². The Morgan fingerprint density at radius 1 is 0.889 bits per heavy atom. The Balaban J connectivity index is 1.54. The van der Waals surface area contributed by atoms with Crippen LogP contribution in [-0.4, -0.2) is 37.1 Å². The van der Waals surface area contributed by atoms with Crippen molar-refractivity contribution < 1.29 is 0 Å². The lowest BCUT2D eigenvalue weighted by molar-refractivity contribution is 0.133. The summed E-state index contributed by atoms with van der Waals surface area (Å²) in [5.74, 6) is 0.811. The molecular formula is C16H24N2. The van der Waals surface area contributed by atoms with Crippen molar-refractivity contribution in [2.45, 2.75) is 37.6 Å². The van der Waals surface area contributed by atoms with Gasteiger partial charge in [-0.25, -0.2) is 0 Å². The van der Waals surface area contributed by atoms with Crippen LogP contribution in [0.5, 0.6) is 0 Å². The van der Waals surface area contributed by atoms with Crippen LogP contribution in [0.15, 0.2) is 30.3 Å². The minimum absolute atomic E-state index is 0.811. The molecule has 2 fully saturated rings. The van der Waals surface area contributed by atoms with E-state index in [1.807, 2.05) is 0 Å². The molecule has 0 unspecified atom stereocenters. The number of benzene rings is 1. The molecule has 0 radical (unpaired) electrons. The van der Waals surface area contributed by atoms with E-state index in [4.69, 9.17) is 0 Å². The fourth-order valence-corrected chi connectivity index (χ4v) is 3.55. The molecule has 2 nitrogen and oxygen atoms in total. The minimum atomic E-state index is 0.811. The van der Waals surface area contributed by atoms with Gasteiger partial charge in [0.25, 0.3) is 0 Å². The lowest BCUT2D eigenvalue weighted by Crippen LogP contribution is -2.49. The summed E-state index contributed by atoms with van der Waals surface area (Å²) in [5.41, 5.74) is 1.55. The van der Waals surface area contributed by atoms with Gasteiger partial charge in [-0.05, 0) is 37.2 Å². The van der Waals surface area contributed by atoms with Crippen molar-refractivity contribution in [1.29, 1.82) is 0 Å². The summed E-state index contributed by atoms with van der Waals surface area (Å²) in [6, 6.07) is 11.9. The molecule has 3 rings (SSSR count). The molecule has 1 aromatic carbocycles. The second-order valence-corrected chi connectivity index (χ2v) is 5.70. The number of nitrogens with zero attached hydrogens (tertiary/aromatic N) is 1. The van der Waals surface area contributed by atoms with Crippen molar-refractivity contribution in [3.8, 4) is 0 Å². The van der Waals surface area contributed by atoms with E-state index in [9.17, 15) is 0 Å². The fraction of sp³-hybridized carbons (Fsp3) is 0.625. The predicted octanol–water partition coefficient (Wildman–Crippen LogP) is 2.62. The van der Waals surface area contributed by atoms with E-state index in [0.29, 0.717) is 0 Å². The molecule has 0 amide bonds. The van der Waals surface area contributed by atoms with Crippen LogP contribution in [0.4, 0.5) is 0 Å². The summed E-state index contributed by atoms with van der Waals surface area (Å²) in [4.78, 5) is 2.71. The van der Waals surface area contributed by atoms with Crippen molar-refractivity contribution >= 4 is 0 Å². The normalized spacial score (nSPS) is 30.2. The maximum atomic E-state index is 3.45. The zero-order valence-electron chi connectivity index (χ0n) is 11.1. The Bertz CT molecular complexity index is 349. The van der Waals surface area contributed by atoms with E-state index >= 15 is 0 Å². The Morgan fingerprint density at radius 3 is 2.22 bits per heavy atom. The van der Waals surface area contributed by atoms with Crippen LogP contribution in [0.25, 0.3) is 0 Å². The minimum Gasteiger partial charge on any atom is -0.314 e. The van der Waals surface area contributed by atoms with Crippen molar-refractivity contribution in [2.24, 2.45) is 0 Å². The lowest BCUT2D eigenvalue weighted by atomic mass is 9.81. The van der Waals surface area contributed by atoms with Crippen molar-refractivity contribution in [3.63, 3.8) is 0 Å². The van der Waals surface area contributed by atoms with Gasteiger partial charge in [0.1, 0.15) is 0 Å². The van der Waals surface area contributed by atoms with Crippen LogP contribution in [0.3, 0.4) is 0 Å². The van der Waals surface area contributed by atoms with Crippen molar-refractivity contribution in [2.75, 3.05) is 26.2 Å². The van der Waals surface area contributed by atoms with Gasteiger partial charge < -0.3 is 5.32 Å². The zero-order chi connectivity index (χ0) is 12.2. The molecule has 1 aliphatic carbocycles. The SMILES string of the molecule is c1ccc([C@H]2CC[C@H](N3CCNCC3)CC2)cc1. The quantitative estimate of drug-likeness (QED) is 0.860. The summed E-state index contributed by atoms with van der Waals surface area (Å²) in [6.45, 7) is 4.86. The predicted molar refractivity (Wildman–Crippen MR) is 75.9 cm³/mol. The third kappa shape index (κ3) is 2.76. The summed E-state index contributed by atoms with van der Waals surface area (Å²) in [6.07, 6.45) is 5.52. The topological polar surface area (TPSA) is 15.3 Å². The smallest absolute Gasteiger partial charge is 0.0110 e. The van der Waals surface area contributed by atoms with E-state index in [1.54, 1.807) is 5.56 Å². The molecule has 2 heteroatoms. The third-order valence-corrected chi connectivity index (χ3v) is 4.64. The lowest BCUT2D eigenvalue weighted by Gasteiger charge is -2.39. The maximum Gasteiger partial charge on any atom is 0.0110 e. The molecule has 1 aliphatic heterocycles. The third-order valence-electron chi connectivity index (χ3n) is 4.64. The summed E-state index contributed by atoms with van der Waals surface area (Å²) in [7, 11) is 0. The van der Waals surface area contributed by atoms with Gasteiger partial charge in [-0.1, -0.05) is 30.3 Å². The van der Waals surface area contributed by atoms with Crippen LogP contribution in [-0.2, 0) is 0 Å². The molecule has 0 bridgehead atoms. The first kappa shape index (κ1) is 12.2. The highest BCUT2D eigenvalue weighted by Gasteiger charge is 2.26. The second kappa shape index (κ2) is 5.85. The van der Waals surface area contributed by atoms with Gasteiger partial charge >= 0.3 is 0 Å². The second-order valence-electron chi connectivity index (χ2n) is 5.70. The first-order chi connectivity index (χ1) is 8.93. The highest BCUT2D eigenvalue weighted by molar-refractivity contribution is 5.20. The highest BCUT2D eigenvalue weighted by Crippen LogP contribution is 2.34. The molecule has 1 saturated heterocycles. The Morgan fingerprint density at radius 2 is 1.56 bits per heavy atom. The van der Waals surface area contributed by atoms with Crippen LogP contribution in [0, 0.1) is 0 Å². The largest absolute Gasteiger partial charge is 0.314 e. The van der Waals surface area contributed by atoms with Gasteiger partial charge in [0.15, 0.2) is 0 Å². The Kier molecular flexibility index (Phi) is 3.96. The van der Waals surface area contributed by atoms with E-state index in [0.717, 1.165) is 12.0 Å². The van der Waals surface area contributed by atoms with Crippen molar-refractivity contribution in [3.05, 3.63) is 35.9 Å². The van der Waals surface area contributed by atoms with Gasteiger partial charge in [-0.3, -0.25) is 4.90 Å². The Hall–Kier alpha value is -0.860. The molecule has 18 heavy (non-hydrogen) atoms. The first-order valence-corrected chi connectivity index (χ1v) is 7.43. The number of hydrogen-bond acceptors (Lipinski definition) is 2. The van der Waals surface area contributed by atoms with E-state index < -0.39 is 0 Å². The van der Waals surface area contributed by atoms with Crippen LogP contribution in [0.1, 0.15) is 37.2 Å². The van der Waals surface area contributed by atoms with Gasteiger partial charge in [0, 0.05) is 32.2 Å². The molecule has 98 valence electrons. The van der Waals surface area contributed by atoms with E-state index in [2.05, 4.69) is 40.5 Å². The van der Waals surface area contributed by atoms with Crippen LogP contribution < -0.4 is 5.32 Å². The Labute approximate surface area is 110 Å². The average molecular weight is 244 g/mol. The average Bonchev–Trinajstić information content (AvgIpc) is 2.49. The molecule has 1 heterocycles. The molecule has 0 spiro atoms. The molecule has 1 saturated carbocycles. The fourth-order valence-electron chi connectivity index (χ4n) is 3.55. The molecule has 0 aromatic heterocycles. The van der Waals surface area contributed by atoms with Crippen LogP contribution in [0.2, 0.25) is 0 Å². The summed E-state index contributed by atoms with van der Waals surface area (Å²) >= 11 is 0. The molecule has 1 aromatic rings. The molecule has 1 N–H and O–H groups in total. The van der Waals surface area contributed by atoms with Gasteiger partial charge in [-0.15, -0.1) is 0 Å². The summed E-state index contributed by atoms with van der Waals surface area (Å²) in [5, 5.41) is 3.45. The molecule has 2 aliphatic rings. The molecular weight excluding hydrogens is 220 g/mol. The standard InChI is InChI=1S/C16H24N2/c1-2-4-14(5-3-1)15-6-8-16(9-7-15)18-12-10-17-11-13-18/h1-5,15-17H,6-13H2/t15-,16-. The maximum absolute atomic E-state index is 3.45. The van der Waals surface area contributed by atoms with Gasteiger partial charge in [0.05, 0.1) is 0 Å².